The third-order valence-electron chi connectivity index (χ3n) is 4.28. The predicted octanol–water partition coefficient (Wildman–Crippen LogP) is 5.10. The van der Waals surface area contributed by atoms with Crippen molar-refractivity contribution >= 4 is 11.8 Å². The van der Waals surface area contributed by atoms with Gasteiger partial charge in [-0.15, -0.1) is 0 Å². The maximum Gasteiger partial charge on any atom is 0.00966 e. The number of rotatable bonds is 7. The normalized spacial score (nSPS) is 25.3. The second-order valence-corrected chi connectivity index (χ2v) is 8.52. The lowest BCUT2D eigenvalue weighted by molar-refractivity contribution is 0.258. The largest absolute Gasteiger partial charge is 0.312 e. The molecule has 0 amide bonds. The SMILES string of the molecule is CCSCCCC1CCCCCC1CNC(C)(C)C. The second-order valence-electron chi connectivity index (χ2n) is 7.13. The molecule has 1 aliphatic rings. The highest BCUT2D eigenvalue weighted by atomic mass is 32.2. The topological polar surface area (TPSA) is 12.0 Å². The molecular formula is C17H35NS. The molecule has 1 fully saturated rings. The highest BCUT2D eigenvalue weighted by Crippen LogP contribution is 2.32. The molecule has 0 aromatic heterocycles. The van der Waals surface area contributed by atoms with E-state index in [4.69, 9.17) is 0 Å². The molecular weight excluding hydrogens is 250 g/mol. The Balaban J connectivity index is 2.37. The van der Waals surface area contributed by atoms with E-state index in [0.717, 1.165) is 11.8 Å². The number of nitrogens with one attached hydrogen (secondary N) is 1. The Hall–Kier alpha value is 0.310. The maximum absolute atomic E-state index is 3.75. The van der Waals surface area contributed by atoms with E-state index in [1.165, 1.54) is 63.0 Å². The van der Waals surface area contributed by atoms with Crippen molar-refractivity contribution in [2.24, 2.45) is 11.8 Å². The lowest BCUT2D eigenvalue weighted by Crippen LogP contribution is -2.40. The molecule has 2 unspecified atom stereocenters. The van der Waals surface area contributed by atoms with Gasteiger partial charge in [0.15, 0.2) is 0 Å². The van der Waals surface area contributed by atoms with Gasteiger partial charge >= 0.3 is 0 Å². The van der Waals surface area contributed by atoms with Gasteiger partial charge in [-0.2, -0.15) is 11.8 Å². The van der Waals surface area contributed by atoms with Gasteiger partial charge in [0.1, 0.15) is 0 Å². The zero-order chi connectivity index (χ0) is 14.1. The van der Waals surface area contributed by atoms with E-state index in [-0.39, 0.29) is 5.54 Å². The first-order chi connectivity index (χ1) is 9.03. The molecule has 0 aromatic rings. The van der Waals surface area contributed by atoms with Crippen molar-refractivity contribution in [2.45, 2.75) is 78.2 Å². The molecule has 2 atom stereocenters. The molecule has 0 aliphatic heterocycles. The molecule has 1 saturated carbocycles. The first-order valence-electron chi connectivity index (χ1n) is 8.35. The van der Waals surface area contributed by atoms with Crippen LogP contribution >= 0.6 is 11.8 Å². The van der Waals surface area contributed by atoms with Crippen LogP contribution in [0.3, 0.4) is 0 Å². The highest BCUT2D eigenvalue weighted by Gasteiger charge is 2.24. The molecule has 0 spiro atoms. The van der Waals surface area contributed by atoms with Gasteiger partial charge in [-0.25, -0.2) is 0 Å². The van der Waals surface area contributed by atoms with Gasteiger partial charge in [0, 0.05) is 5.54 Å². The quantitative estimate of drug-likeness (QED) is 0.515. The van der Waals surface area contributed by atoms with Gasteiger partial charge in [-0.3, -0.25) is 0 Å². The molecule has 1 aliphatic carbocycles. The van der Waals surface area contributed by atoms with Crippen LogP contribution in [0, 0.1) is 11.8 Å². The van der Waals surface area contributed by atoms with E-state index in [9.17, 15) is 0 Å². The summed E-state index contributed by atoms with van der Waals surface area (Å²) in [5.41, 5.74) is 0.273. The first-order valence-corrected chi connectivity index (χ1v) is 9.51. The average Bonchev–Trinajstić information content (AvgIpc) is 2.56. The predicted molar refractivity (Wildman–Crippen MR) is 90.1 cm³/mol. The Morgan fingerprint density at radius 1 is 1.05 bits per heavy atom. The Kier molecular flexibility index (Phi) is 8.48. The Morgan fingerprint density at radius 2 is 1.74 bits per heavy atom. The number of thioether (sulfide) groups is 1. The smallest absolute Gasteiger partial charge is 0.00966 e. The lowest BCUT2D eigenvalue weighted by Gasteiger charge is -2.29. The summed E-state index contributed by atoms with van der Waals surface area (Å²) in [5.74, 6) is 4.55. The van der Waals surface area contributed by atoms with Gasteiger partial charge in [-0.1, -0.05) is 32.6 Å². The molecule has 0 heterocycles. The van der Waals surface area contributed by atoms with Crippen LogP contribution < -0.4 is 5.32 Å². The summed E-state index contributed by atoms with van der Waals surface area (Å²) >= 11 is 2.11. The molecule has 1 N–H and O–H groups in total. The fourth-order valence-corrected chi connectivity index (χ4v) is 3.80. The van der Waals surface area contributed by atoms with Crippen LogP contribution in [0.4, 0.5) is 0 Å². The second kappa shape index (κ2) is 9.28. The maximum atomic E-state index is 3.75. The van der Waals surface area contributed by atoms with Crippen molar-refractivity contribution in [1.29, 1.82) is 0 Å². The molecule has 114 valence electrons. The third kappa shape index (κ3) is 8.24. The summed E-state index contributed by atoms with van der Waals surface area (Å²) < 4.78 is 0. The monoisotopic (exact) mass is 285 g/mol. The standard InChI is InChI=1S/C17H35NS/c1-5-19-13-9-12-15-10-7-6-8-11-16(15)14-18-17(2,3)4/h15-16,18H,5-14H2,1-4H3. The van der Waals surface area contributed by atoms with E-state index in [0.29, 0.717) is 0 Å². The van der Waals surface area contributed by atoms with Crippen molar-refractivity contribution < 1.29 is 0 Å². The van der Waals surface area contributed by atoms with Gasteiger partial charge < -0.3 is 5.32 Å². The zero-order valence-electron chi connectivity index (χ0n) is 13.6. The van der Waals surface area contributed by atoms with E-state index in [1.807, 2.05) is 0 Å². The molecule has 1 nitrogen and oxygen atoms in total. The Labute approximate surface area is 125 Å². The highest BCUT2D eigenvalue weighted by molar-refractivity contribution is 7.99. The minimum atomic E-state index is 0.273. The lowest BCUT2D eigenvalue weighted by atomic mass is 9.84. The third-order valence-corrected chi connectivity index (χ3v) is 5.26. The molecule has 0 aromatic carbocycles. The summed E-state index contributed by atoms with van der Waals surface area (Å²) in [4.78, 5) is 0. The summed E-state index contributed by atoms with van der Waals surface area (Å²) in [7, 11) is 0. The fourth-order valence-electron chi connectivity index (χ4n) is 3.14. The van der Waals surface area contributed by atoms with E-state index in [1.54, 1.807) is 0 Å². The first kappa shape index (κ1) is 17.4. The van der Waals surface area contributed by atoms with Crippen LogP contribution in [0.1, 0.15) is 72.6 Å². The van der Waals surface area contributed by atoms with E-state index >= 15 is 0 Å². The zero-order valence-corrected chi connectivity index (χ0v) is 14.5. The fraction of sp³-hybridized carbons (Fsp3) is 1.00. The Morgan fingerprint density at radius 3 is 2.37 bits per heavy atom. The van der Waals surface area contributed by atoms with Crippen LogP contribution in [0.15, 0.2) is 0 Å². The average molecular weight is 286 g/mol. The van der Waals surface area contributed by atoms with E-state index in [2.05, 4.69) is 44.8 Å². The molecule has 0 bridgehead atoms. The minimum absolute atomic E-state index is 0.273. The number of hydrogen-bond acceptors (Lipinski definition) is 2. The van der Waals surface area contributed by atoms with Crippen LogP contribution in [-0.2, 0) is 0 Å². The van der Waals surface area contributed by atoms with Gasteiger partial charge in [-0.05, 0) is 69.9 Å². The molecule has 2 heteroatoms. The van der Waals surface area contributed by atoms with Crippen molar-refractivity contribution in [3.8, 4) is 0 Å². The summed E-state index contributed by atoms with van der Waals surface area (Å²) in [6.45, 7) is 10.4. The molecule has 0 saturated heterocycles. The molecule has 19 heavy (non-hydrogen) atoms. The minimum Gasteiger partial charge on any atom is -0.312 e. The van der Waals surface area contributed by atoms with Crippen molar-refractivity contribution in [3.05, 3.63) is 0 Å². The van der Waals surface area contributed by atoms with Crippen LogP contribution in [0.25, 0.3) is 0 Å². The summed E-state index contributed by atoms with van der Waals surface area (Å²) in [6.07, 6.45) is 10.2. The van der Waals surface area contributed by atoms with Gasteiger partial charge in [0.25, 0.3) is 0 Å². The molecule has 0 radical (unpaired) electrons. The van der Waals surface area contributed by atoms with Gasteiger partial charge in [0.05, 0.1) is 0 Å². The Bertz CT molecular complexity index is 222. The molecule has 1 rings (SSSR count). The summed E-state index contributed by atoms with van der Waals surface area (Å²) in [5, 5.41) is 3.75. The van der Waals surface area contributed by atoms with Gasteiger partial charge in [0.2, 0.25) is 0 Å². The van der Waals surface area contributed by atoms with Crippen LogP contribution in [-0.4, -0.2) is 23.6 Å². The van der Waals surface area contributed by atoms with Crippen molar-refractivity contribution in [1.82, 2.24) is 5.32 Å². The van der Waals surface area contributed by atoms with Crippen LogP contribution in [0.5, 0.6) is 0 Å². The van der Waals surface area contributed by atoms with Crippen molar-refractivity contribution in [3.63, 3.8) is 0 Å². The van der Waals surface area contributed by atoms with Crippen molar-refractivity contribution in [2.75, 3.05) is 18.1 Å². The van der Waals surface area contributed by atoms with Crippen LogP contribution in [0.2, 0.25) is 0 Å². The van der Waals surface area contributed by atoms with E-state index < -0.39 is 0 Å². The summed E-state index contributed by atoms with van der Waals surface area (Å²) in [6, 6.07) is 0. The number of hydrogen-bond donors (Lipinski definition) is 1.